The van der Waals surface area contributed by atoms with Crippen molar-refractivity contribution in [2.45, 2.75) is 20.4 Å². The van der Waals surface area contributed by atoms with Crippen LogP contribution < -0.4 is 0 Å². The minimum atomic E-state index is -0.848. The fraction of sp³-hybridized carbons (Fsp3) is 0.167. The summed E-state index contributed by atoms with van der Waals surface area (Å²) in [7, 11) is 0. The molecule has 0 aliphatic rings. The number of aryl methyl sites for hydroxylation is 2. The Balaban J connectivity index is 0.000000207. The average molecular weight is 553 g/mol. The molecule has 4 rings (SSSR count). The standard InChI is InChI=1S/C12H10F2N2O.C8H5BrF2O.C4H6N2/c1-8-5-15-16(6-8)7-12(17)10-3-2-9(13)4-11(10)14;9-4-8(12)6-2-1-5(10)3-7(6)11;1-4-2-5-6-3-4/h2-6H,7H2,1H3;1-3H,4H2;2-3H,1H3,(H,5,6). The lowest BCUT2D eigenvalue weighted by molar-refractivity contribution is 0.0962. The van der Waals surface area contributed by atoms with Crippen LogP contribution >= 0.6 is 15.9 Å². The van der Waals surface area contributed by atoms with Gasteiger partial charge in [-0.15, -0.1) is 0 Å². The number of aromatic nitrogens is 4. The molecule has 0 unspecified atom stereocenters. The maximum atomic E-state index is 13.3. The van der Waals surface area contributed by atoms with Crippen LogP contribution in [0.1, 0.15) is 31.8 Å². The van der Waals surface area contributed by atoms with E-state index in [1.807, 2.05) is 20.0 Å². The molecule has 2 heterocycles. The largest absolute Gasteiger partial charge is 0.293 e. The van der Waals surface area contributed by atoms with Crippen LogP contribution in [0.15, 0.2) is 61.2 Å². The van der Waals surface area contributed by atoms with Crippen molar-refractivity contribution >= 4 is 27.5 Å². The van der Waals surface area contributed by atoms with Crippen LogP contribution in [0, 0.1) is 37.1 Å². The number of alkyl halides is 1. The third-order valence-corrected chi connectivity index (χ3v) is 4.80. The van der Waals surface area contributed by atoms with Crippen LogP contribution in [-0.2, 0) is 6.54 Å². The summed E-state index contributed by atoms with van der Waals surface area (Å²) in [5, 5.41) is 10.3. The molecule has 0 atom stereocenters. The van der Waals surface area contributed by atoms with Gasteiger partial charge in [0, 0.05) is 24.5 Å². The predicted molar refractivity (Wildman–Crippen MR) is 125 cm³/mol. The van der Waals surface area contributed by atoms with Crippen molar-refractivity contribution in [1.29, 1.82) is 0 Å². The Morgan fingerprint density at radius 2 is 1.46 bits per heavy atom. The molecule has 0 radical (unpaired) electrons. The van der Waals surface area contributed by atoms with Crippen molar-refractivity contribution in [3.63, 3.8) is 0 Å². The number of carbonyl (C=O) groups is 2. The second-order valence-corrected chi connectivity index (χ2v) is 7.78. The molecule has 4 aromatic rings. The number of Topliss-reactive ketones (excluding diaryl/α,β-unsaturated/α-hetero) is 2. The number of carbonyl (C=O) groups excluding carboxylic acids is 2. The Hall–Kier alpha value is -3.60. The van der Waals surface area contributed by atoms with Crippen molar-refractivity contribution in [3.8, 4) is 0 Å². The first kappa shape index (κ1) is 27.6. The van der Waals surface area contributed by atoms with E-state index in [1.54, 1.807) is 18.6 Å². The molecular weight excluding hydrogens is 532 g/mol. The van der Waals surface area contributed by atoms with Crippen LogP contribution in [0.3, 0.4) is 0 Å². The second kappa shape index (κ2) is 13.3. The summed E-state index contributed by atoms with van der Waals surface area (Å²) in [5.74, 6) is -3.89. The number of nitrogens with zero attached hydrogens (tertiary/aromatic N) is 3. The summed E-state index contributed by atoms with van der Waals surface area (Å²) in [6, 6.07) is 5.78. The number of hydrogen-bond donors (Lipinski definition) is 1. The van der Waals surface area contributed by atoms with Crippen LogP contribution in [0.25, 0.3) is 0 Å². The number of nitrogens with one attached hydrogen (secondary N) is 1. The lowest BCUT2D eigenvalue weighted by Crippen LogP contribution is -2.12. The van der Waals surface area contributed by atoms with Crippen molar-refractivity contribution in [3.05, 3.63) is 107 Å². The highest BCUT2D eigenvalue weighted by molar-refractivity contribution is 9.09. The maximum Gasteiger partial charge on any atom is 0.187 e. The maximum absolute atomic E-state index is 13.3. The molecular formula is C24H21BrF4N4O2. The molecule has 0 bridgehead atoms. The molecule has 35 heavy (non-hydrogen) atoms. The zero-order valence-corrected chi connectivity index (χ0v) is 20.3. The highest BCUT2D eigenvalue weighted by Gasteiger charge is 2.13. The van der Waals surface area contributed by atoms with Gasteiger partial charge in [-0.05, 0) is 49.2 Å². The number of benzene rings is 2. The first-order valence-electron chi connectivity index (χ1n) is 10.1. The molecule has 2 aromatic heterocycles. The summed E-state index contributed by atoms with van der Waals surface area (Å²) < 4.78 is 52.6. The number of hydrogen-bond acceptors (Lipinski definition) is 4. The van der Waals surface area contributed by atoms with Crippen LogP contribution in [0.4, 0.5) is 17.6 Å². The molecule has 0 spiro atoms. The first-order chi connectivity index (χ1) is 16.6. The van der Waals surface area contributed by atoms with E-state index in [-0.39, 0.29) is 23.0 Å². The smallest absolute Gasteiger partial charge is 0.187 e. The van der Waals surface area contributed by atoms with Gasteiger partial charge >= 0.3 is 0 Å². The number of ketones is 2. The molecule has 2 aromatic carbocycles. The van der Waals surface area contributed by atoms with E-state index in [0.717, 1.165) is 29.8 Å². The molecule has 6 nitrogen and oxygen atoms in total. The quantitative estimate of drug-likeness (QED) is 0.198. The van der Waals surface area contributed by atoms with Crippen LogP contribution in [0.5, 0.6) is 0 Å². The number of H-pyrrole nitrogens is 1. The molecule has 184 valence electrons. The fourth-order valence-electron chi connectivity index (χ4n) is 2.60. The van der Waals surface area contributed by atoms with Gasteiger partial charge < -0.3 is 0 Å². The van der Waals surface area contributed by atoms with E-state index in [0.29, 0.717) is 12.1 Å². The predicted octanol–water partition coefficient (Wildman–Crippen LogP) is 5.61. The summed E-state index contributed by atoms with van der Waals surface area (Å²) >= 11 is 2.89. The Morgan fingerprint density at radius 3 is 1.83 bits per heavy atom. The van der Waals surface area contributed by atoms with Gasteiger partial charge in [-0.25, -0.2) is 17.6 Å². The van der Waals surface area contributed by atoms with Gasteiger partial charge in [-0.2, -0.15) is 10.2 Å². The van der Waals surface area contributed by atoms with Gasteiger partial charge in [-0.3, -0.25) is 19.4 Å². The van der Waals surface area contributed by atoms with Crippen LogP contribution in [-0.4, -0.2) is 36.9 Å². The topological polar surface area (TPSA) is 80.6 Å². The van der Waals surface area contributed by atoms with Gasteiger partial charge in [0.25, 0.3) is 0 Å². The van der Waals surface area contributed by atoms with Gasteiger partial charge in [0.2, 0.25) is 0 Å². The van der Waals surface area contributed by atoms with E-state index in [9.17, 15) is 27.2 Å². The molecule has 0 saturated heterocycles. The van der Waals surface area contributed by atoms with E-state index in [1.165, 1.54) is 10.2 Å². The van der Waals surface area contributed by atoms with E-state index >= 15 is 0 Å². The van der Waals surface area contributed by atoms with E-state index in [2.05, 4.69) is 31.2 Å². The Bertz CT molecular complexity index is 1280. The SMILES string of the molecule is Cc1cn[nH]c1.Cc1cnn(CC(=O)c2ccc(F)cc2F)c1.O=C(CBr)c1ccc(F)cc1F. The Kier molecular flexibility index (Phi) is 10.5. The molecule has 0 aliphatic carbocycles. The average Bonchev–Trinajstić information content (AvgIpc) is 3.44. The molecule has 1 N–H and O–H groups in total. The monoisotopic (exact) mass is 552 g/mol. The van der Waals surface area contributed by atoms with Crippen molar-refractivity contribution in [2.24, 2.45) is 0 Å². The van der Waals surface area contributed by atoms with Crippen LogP contribution in [0.2, 0.25) is 0 Å². The minimum absolute atomic E-state index is 0.0373. The molecule has 0 amide bonds. The molecule has 11 heteroatoms. The molecule has 0 saturated carbocycles. The van der Waals surface area contributed by atoms with E-state index in [4.69, 9.17) is 0 Å². The number of rotatable bonds is 5. The molecule has 0 aliphatic heterocycles. The third kappa shape index (κ3) is 8.93. The highest BCUT2D eigenvalue weighted by Crippen LogP contribution is 2.12. The minimum Gasteiger partial charge on any atom is -0.293 e. The zero-order chi connectivity index (χ0) is 26.0. The summed E-state index contributed by atoms with van der Waals surface area (Å²) in [5.41, 5.74) is 1.88. The first-order valence-corrected chi connectivity index (χ1v) is 11.2. The summed E-state index contributed by atoms with van der Waals surface area (Å²) in [4.78, 5) is 22.7. The normalized spacial score (nSPS) is 10.0. The summed E-state index contributed by atoms with van der Waals surface area (Å²) in [6.07, 6.45) is 6.91. The zero-order valence-electron chi connectivity index (χ0n) is 18.7. The van der Waals surface area contributed by atoms with Gasteiger partial charge in [-0.1, -0.05) is 15.9 Å². The summed E-state index contributed by atoms with van der Waals surface area (Å²) in [6.45, 7) is 3.77. The van der Waals surface area contributed by atoms with Gasteiger partial charge in [0.1, 0.15) is 29.8 Å². The second-order valence-electron chi connectivity index (χ2n) is 7.22. The van der Waals surface area contributed by atoms with Crippen molar-refractivity contribution in [2.75, 3.05) is 5.33 Å². The van der Waals surface area contributed by atoms with Crippen molar-refractivity contribution < 1.29 is 27.2 Å². The Labute approximate surface area is 207 Å². The third-order valence-electron chi connectivity index (χ3n) is 4.29. The van der Waals surface area contributed by atoms with E-state index < -0.39 is 34.8 Å². The number of aromatic amines is 1. The van der Waals surface area contributed by atoms with Crippen molar-refractivity contribution in [1.82, 2.24) is 20.0 Å². The number of halogens is 5. The van der Waals surface area contributed by atoms with Gasteiger partial charge in [0.15, 0.2) is 11.6 Å². The highest BCUT2D eigenvalue weighted by atomic mass is 79.9. The Morgan fingerprint density at radius 1 is 0.886 bits per heavy atom. The lowest BCUT2D eigenvalue weighted by atomic mass is 10.1. The lowest BCUT2D eigenvalue weighted by Gasteiger charge is -2.03. The fourth-order valence-corrected chi connectivity index (χ4v) is 2.91. The van der Waals surface area contributed by atoms with Gasteiger partial charge in [0.05, 0.1) is 28.9 Å². The molecule has 0 fully saturated rings.